The summed E-state index contributed by atoms with van der Waals surface area (Å²) in [6.07, 6.45) is 16.1. The fraction of sp³-hybridized carbons (Fsp3) is 0.941. The average Bonchev–Trinajstić information content (AvgIpc) is 3.32. The number of hydrogen-bond acceptors (Lipinski definition) is 5. The molecule has 6 aliphatic rings. The molecule has 1 heterocycles. The van der Waals surface area contributed by atoms with E-state index in [9.17, 15) is 13.5 Å². The maximum absolute atomic E-state index is 11.8. The molecule has 6 rings (SSSR count). The standard InChI is InChI=1S/C31H54N2O3S.C3H6/c1-28(2)25-10-13-29(3)23-9-15-31(32-16-17-33-18-20-37(35,36)21-19-33)12-5-6-24(31)22(23)7-8-26(29)30(25,4)14-11-27(28)34;1-3-2/h22-27,32,34H,5-21H2,1-4H3;3H,1H2,2H3. The first-order valence-corrected chi connectivity index (χ1v) is 18.6. The molecule has 5 aliphatic carbocycles. The molecule has 0 radical (unpaired) electrons. The average molecular weight is 577 g/mol. The van der Waals surface area contributed by atoms with Crippen LogP contribution in [0.15, 0.2) is 12.7 Å². The van der Waals surface area contributed by atoms with Crippen molar-refractivity contribution < 1.29 is 13.5 Å². The smallest absolute Gasteiger partial charge is 0.152 e. The van der Waals surface area contributed by atoms with E-state index in [1.807, 2.05) is 6.92 Å². The maximum Gasteiger partial charge on any atom is 0.152 e. The van der Waals surface area contributed by atoms with Gasteiger partial charge in [0, 0.05) is 31.7 Å². The molecule has 2 N–H and O–H groups in total. The summed E-state index contributed by atoms with van der Waals surface area (Å²) in [6, 6.07) is 0. The summed E-state index contributed by atoms with van der Waals surface area (Å²) >= 11 is 0. The molecule has 1 aliphatic heterocycles. The van der Waals surface area contributed by atoms with Gasteiger partial charge in [0.2, 0.25) is 0 Å². The molecular weight excluding hydrogens is 516 g/mol. The van der Waals surface area contributed by atoms with Crippen molar-refractivity contribution in [2.75, 3.05) is 37.7 Å². The van der Waals surface area contributed by atoms with Crippen LogP contribution < -0.4 is 5.32 Å². The molecule has 5 nitrogen and oxygen atoms in total. The van der Waals surface area contributed by atoms with Gasteiger partial charge in [0.1, 0.15) is 0 Å². The summed E-state index contributed by atoms with van der Waals surface area (Å²) in [5, 5.41) is 15.0. The predicted octanol–water partition coefficient (Wildman–Crippen LogP) is 6.08. The Morgan fingerprint density at radius 1 is 0.875 bits per heavy atom. The van der Waals surface area contributed by atoms with E-state index in [1.54, 1.807) is 6.08 Å². The number of sulfone groups is 1. The van der Waals surface area contributed by atoms with Crippen LogP contribution >= 0.6 is 0 Å². The van der Waals surface area contributed by atoms with E-state index >= 15 is 0 Å². The lowest BCUT2D eigenvalue weighted by molar-refractivity contribution is -0.211. The van der Waals surface area contributed by atoms with Crippen LogP contribution in [0.1, 0.15) is 105 Å². The van der Waals surface area contributed by atoms with E-state index in [0.717, 1.165) is 43.2 Å². The van der Waals surface area contributed by atoms with Crippen molar-refractivity contribution in [3.63, 3.8) is 0 Å². The van der Waals surface area contributed by atoms with Gasteiger partial charge in [0.25, 0.3) is 0 Å². The molecule has 5 saturated carbocycles. The third kappa shape index (κ3) is 5.17. The van der Waals surface area contributed by atoms with Crippen molar-refractivity contribution in [3.8, 4) is 0 Å². The number of fused-ring (bicyclic) bond motifs is 7. The Morgan fingerprint density at radius 2 is 1.55 bits per heavy atom. The molecule has 1 saturated heterocycles. The Kier molecular flexibility index (Phi) is 8.72. The highest BCUT2D eigenvalue weighted by atomic mass is 32.2. The van der Waals surface area contributed by atoms with E-state index < -0.39 is 9.84 Å². The number of aliphatic hydroxyl groups is 1. The lowest BCUT2D eigenvalue weighted by Gasteiger charge is -2.69. The summed E-state index contributed by atoms with van der Waals surface area (Å²) in [7, 11) is -2.80. The first-order chi connectivity index (χ1) is 18.8. The van der Waals surface area contributed by atoms with Gasteiger partial charge >= 0.3 is 0 Å². The Hall–Kier alpha value is -0.430. The molecule has 0 bridgehead atoms. The Bertz CT molecular complexity index is 1010. The highest BCUT2D eigenvalue weighted by Gasteiger charge is 2.66. The van der Waals surface area contributed by atoms with Crippen molar-refractivity contribution in [1.82, 2.24) is 10.2 Å². The molecule has 0 aromatic carbocycles. The SMILES string of the molecule is C=CC.CC1(C)C(O)CCC2(C)C1CCC1(C)C3CCC4(NCCN5CCS(=O)(=O)CC5)CCCC4C3CCC12. The zero-order chi connectivity index (χ0) is 29.0. The number of nitrogens with zero attached hydrogens (tertiary/aromatic N) is 1. The summed E-state index contributed by atoms with van der Waals surface area (Å²) in [6.45, 7) is 18.7. The zero-order valence-electron chi connectivity index (χ0n) is 26.4. The summed E-state index contributed by atoms with van der Waals surface area (Å²) in [5.41, 5.74) is 1.21. The van der Waals surface area contributed by atoms with Crippen LogP contribution in [-0.4, -0.2) is 67.8 Å². The van der Waals surface area contributed by atoms with Crippen LogP contribution in [0.5, 0.6) is 0 Å². The lowest BCUT2D eigenvalue weighted by Crippen LogP contribution is -2.65. The van der Waals surface area contributed by atoms with E-state index in [2.05, 4.69) is 44.5 Å². The van der Waals surface area contributed by atoms with Crippen LogP contribution in [0.2, 0.25) is 0 Å². The van der Waals surface area contributed by atoms with Gasteiger partial charge < -0.3 is 15.3 Å². The first-order valence-electron chi connectivity index (χ1n) is 16.8. The number of allylic oxidation sites excluding steroid dienone is 1. The Balaban J connectivity index is 0.00000103. The summed E-state index contributed by atoms with van der Waals surface area (Å²) < 4.78 is 23.6. The fourth-order valence-electron chi connectivity index (χ4n) is 11.9. The van der Waals surface area contributed by atoms with E-state index in [1.165, 1.54) is 64.2 Å². The highest BCUT2D eigenvalue weighted by molar-refractivity contribution is 7.91. The van der Waals surface area contributed by atoms with Crippen molar-refractivity contribution in [1.29, 1.82) is 0 Å². The second kappa shape index (κ2) is 11.2. The fourth-order valence-corrected chi connectivity index (χ4v) is 13.2. The van der Waals surface area contributed by atoms with Crippen molar-refractivity contribution >= 4 is 9.84 Å². The molecule has 9 unspecified atom stereocenters. The van der Waals surface area contributed by atoms with Crippen LogP contribution in [0, 0.1) is 45.8 Å². The monoisotopic (exact) mass is 576 g/mol. The molecule has 9 atom stereocenters. The molecule has 0 aromatic rings. The van der Waals surface area contributed by atoms with Crippen LogP contribution in [0.3, 0.4) is 0 Å². The van der Waals surface area contributed by atoms with Crippen LogP contribution in [-0.2, 0) is 9.84 Å². The minimum atomic E-state index is -2.80. The Labute approximate surface area is 246 Å². The van der Waals surface area contributed by atoms with Gasteiger partial charge in [-0.25, -0.2) is 8.42 Å². The van der Waals surface area contributed by atoms with E-state index in [4.69, 9.17) is 0 Å². The molecule has 0 aromatic heterocycles. The minimum Gasteiger partial charge on any atom is -0.393 e. The van der Waals surface area contributed by atoms with Crippen LogP contribution in [0.4, 0.5) is 0 Å². The molecular formula is C34H60N2O3S. The minimum absolute atomic E-state index is 0.0425. The summed E-state index contributed by atoms with van der Waals surface area (Å²) in [4.78, 5) is 2.36. The zero-order valence-corrected chi connectivity index (χ0v) is 27.2. The predicted molar refractivity (Wildman–Crippen MR) is 166 cm³/mol. The topological polar surface area (TPSA) is 69.6 Å². The highest BCUT2D eigenvalue weighted by Crippen LogP contribution is 2.72. The van der Waals surface area contributed by atoms with Gasteiger partial charge in [-0.2, -0.15) is 0 Å². The van der Waals surface area contributed by atoms with Crippen molar-refractivity contribution in [3.05, 3.63) is 12.7 Å². The Morgan fingerprint density at radius 3 is 2.25 bits per heavy atom. The molecule has 6 heteroatoms. The van der Waals surface area contributed by atoms with E-state index in [0.29, 0.717) is 46.9 Å². The number of nitrogens with one attached hydrogen (secondary N) is 1. The van der Waals surface area contributed by atoms with Gasteiger partial charge in [-0.15, -0.1) is 6.58 Å². The maximum atomic E-state index is 11.8. The number of hydrogen-bond donors (Lipinski definition) is 2. The van der Waals surface area contributed by atoms with Crippen molar-refractivity contribution in [2.45, 2.75) is 117 Å². The second-order valence-corrected chi connectivity index (χ2v) is 18.2. The third-order valence-corrected chi connectivity index (χ3v) is 15.4. The van der Waals surface area contributed by atoms with Crippen LogP contribution in [0.25, 0.3) is 0 Å². The van der Waals surface area contributed by atoms with Gasteiger partial charge in [0.05, 0.1) is 17.6 Å². The molecule has 0 spiro atoms. The van der Waals surface area contributed by atoms with Gasteiger partial charge in [-0.1, -0.05) is 40.2 Å². The number of rotatable bonds is 4. The third-order valence-electron chi connectivity index (χ3n) is 13.8. The molecule has 6 fully saturated rings. The molecule has 40 heavy (non-hydrogen) atoms. The lowest BCUT2D eigenvalue weighted by atomic mass is 9.36. The molecule has 0 amide bonds. The normalized spacial score (nSPS) is 47.5. The van der Waals surface area contributed by atoms with Gasteiger partial charge in [0.15, 0.2) is 9.84 Å². The van der Waals surface area contributed by atoms with E-state index in [-0.39, 0.29) is 11.5 Å². The quantitative estimate of drug-likeness (QED) is 0.397. The second-order valence-electron chi connectivity index (χ2n) is 15.9. The first kappa shape index (κ1) is 31.0. The van der Waals surface area contributed by atoms with Gasteiger partial charge in [-0.3, -0.25) is 0 Å². The van der Waals surface area contributed by atoms with Gasteiger partial charge in [-0.05, 0) is 117 Å². The van der Waals surface area contributed by atoms with Crippen molar-refractivity contribution in [2.24, 2.45) is 45.8 Å². The summed E-state index contributed by atoms with van der Waals surface area (Å²) in [5.74, 6) is 4.68. The number of aliphatic hydroxyl groups excluding tert-OH is 1. The molecule has 230 valence electrons. The largest absolute Gasteiger partial charge is 0.393 e.